The Morgan fingerprint density at radius 1 is 0.808 bits per heavy atom. The summed E-state index contributed by atoms with van der Waals surface area (Å²) < 4.78 is 0. The van der Waals surface area contributed by atoms with Crippen molar-refractivity contribution in [2.24, 2.45) is 0 Å². The molecule has 0 aliphatic rings. The molecule has 0 bridgehead atoms. The number of nitrogens with zero attached hydrogens (tertiary/aromatic N) is 2. The predicted molar refractivity (Wildman–Crippen MR) is 107 cm³/mol. The number of aromatic amines is 2. The zero-order chi connectivity index (χ0) is 18.4. The third-order valence-electron chi connectivity index (χ3n) is 5.66. The topological polar surface area (TPSA) is 57.4 Å². The Kier molecular flexibility index (Phi) is 3.87. The number of hydrogen-bond donors (Lipinski definition) is 2. The fraction of sp³-hybridized carbons (Fsp3) is 0.364. The zero-order valence-corrected chi connectivity index (χ0v) is 15.9. The molecule has 2 N–H and O–H groups in total. The van der Waals surface area contributed by atoms with Gasteiger partial charge in [0.05, 0.1) is 0 Å². The lowest BCUT2D eigenvalue weighted by Crippen LogP contribution is -2.25. The molecule has 0 unspecified atom stereocenters. The molecule has 0 aliphatic carbocycles. The molecule has 4 heteroatoms. The second-order valence-electron chi connectivity index (χ2n) is 8.52. The van der Waals surface area contributed by atoms with E-state index in [9.17, 15) is 0 Å². The average Bonchev–Trinajstić information content (AvgIpc) is 3.27. The van der Waals surface area contributed by atoms with Crippen LogP contribution in [0.1, 0.15) is 51.8 Å². The maximum absolute atomic E-state index is 4.84. The van der Waals surface area contributed by atoms with Crippen LogP contribution in [0.2, 0.25) is 0 Å². The van der Waals surface area contributed by atoms with Crippen LogP contribution in [0.25, 0.3) is 22.1 Å². The first-order chi connectivity index (χ1) is 12.4. The lowest BCUT2D eigenvalue weighted by Gasteiger charge is -2.31. The van der Waals surface area contributed by atoms with E-state index in [0.717, 1.165) is 35.2 Å². The van der Waals surface area contributed by atoms with Crippen LogP contribution in [0.5, 0.6) is 0 Å². The van der Waals surface area contributed by atoms with Crippen molar-refractivity contribution in [3.63, 3.8) is 0 Å². The van der Waals surface area contributed by atoms with Gasteiger partial charge in [-0.1, -0.05) is 27.7 Å². The Bertz CT molecular complexity index is 966. The zero-order valence-electron chi connectivity index (χ0n) is 15.9. The van der Waals surface area contributed by atoms with Crippen molar-refractivity contribution in [1.29, 1.82) is 0 Å². The molecular weight excluding hydrogens is 320 g/mol. The van der Waals surface area contributed by atoms with Crippen LogP contribution in [0.3, 0.4) is 0 Å². The standard InChI is InChI=1S/C22H26N4/c1-21(2,17-13-16-8-12-23-19(16)25-14-17)9-10-22(3,4)18-6-5-15-7-11-24-20(15)26-18/h5-8,11-14H,9-10H2,1-4H3,(H,23,25)(H,24,26). The molecule has 26 heavy (non-hydrogen) atoms. The Morgan fingerprint density at radius 2 is 1.50 bits per heavy atom. The Hall–Kier alpha value is -2.62. The van der Waals surface area contributed by atoms with E-state index in [4.69, 9.17) is 4.98 Å². The lowest BCUT2D eigenvalue weighted by atomic mass is 9.74. The van der Waals surface area contributed by atoms with Crippen LogP contribution in [0.15, 0.2) is 48.9 Å². The molecule has 0 radical (unpaired) electrons. The Balaban J connectivity index is 1.55. The molecule has 0 atom stereocenters. The fourth-order valence-electron chi connectivity index (χ4n) is 3.51. The first-order valence-electron chi connectivity index (χ1n) is 9.23. The highest BCUT2D eigenvalue weighted by Gasteiger charge is 2.28. The monoisotopic (exact) mass is 346 g/mol. The van der Waals surface area contributed by atoms with E-state index in [1.807, 2.05) is 18.6 Å². The maximum atomic E-state index is 4.84. The number of hydrogen-bond acceptors (Lipinski definition) is 2. The summed E-state index contributed by atoms with van der Waals surface area (Å²) >= 11 is 0. The minimum Gasteiger partial charge on any atom is -0.346 e. The molecule has 0 amide bonds. The van der Waals surface area contributed by atoms with E-state index in [2.05, 4.69) is 73.0 Å². The number of aromatic nitrogens is 4. The van der Waals surface area contributed by atoms with Gasteiger partial charge in [-0.05, 0) is 54.2 Å². The predicted octanol–water partition coefficient (Wildman–Crippen LogP) is 5.47. The molecule has 4 nitrogen and oxygen atoms in total. The molecular formula is C22H26N4. The van der Waals surface area contributed by atoms with Gasteiger partial charge in [-0.15, -0.1) is 0 Å². The van der Waals surface area contributed by atoms with Gasteiger partial charge in [-0.2, -0.15) is 0 Å². The van der Waals surface area contributed by atoms with Crippen LogP contribution in [-0.4, -0.2) is 19.9 Å². The highest BCUT2D eigenvalue weighted by molar-refractivity contribution is 5.76. The average molecular weight is 346 g/mol. The first kappa shape index (κ1) is 16.8. The summed E-state index contributed by atoms with van der Waals surface area (Å²) in [6.07, 6.45) is 8.03. The minimum absolute atomic E-state index is 0.0161. The lowest BCUT2D eigenvalue weighted by molar-refractivity contribution is 0.369. The fourth-order valence-corrected chi connectivity index (χ4v) is 3.51. The van der Waals surface area contributed by atoms with E-state index in [0.29, 0.717) is 0 Å². The summed E-state index contributed by atoms with van der Waals surface area (Å²) in [5.41, 5.74) is 4.43. The summed E-state index contributed by atoms with van der Waals surface area (Å²) in [4.78, 5) is 15.8. The van der Waals surface area contributed by atoms with Crippen LogP contribution in [0.4, 0.5) is 0 Å². The van der Waals surface area contributed by atoms with E-state index in [-0.39, 0.29) is 10.8 Å². The third kappa shape index (κ3) is 3.00. The van der Waals surface area contributed by atoms with Crippen molar-refractivity contribution < 1.29 is 0 Å². The smallest absolute Gasteiger partial charge is 0.137 e. The number of fused-ring (bicyclic) bond motifs is 2. The quantitative estimate of drug-likeness (QED) is 0.503. The SMILES string of the molecule is CC(C)(CCC(C)(C)c1ccc2cc[nH]c2n1)c1cnc2[nH]ccc2c1. The summed E-state index contributed by atoms with van der Waals surface area (Å²) in [5, 5.41) is 2.34. The molecule has 4 aromatic rings. The van der Waals surface area contributed by atoms with Gasteiger partial charge < -0.3 is 9.97 Å². The summed E-state index contributed by atoms with van der Waals surface area (Å²) in [7, 11) is 0. The van der Waals surface area contributed by atoms with E-state index in [1.54, 1.807) is 0 Å². The number of nitrogens with one attached hydrogen (secondary N) is 2. The van der Waals surface area contributed by atoms with E-state index in [1.165, 1.54) is 10.9 Å². The van der Waals surface area contributed by atoms with Crippen LogP contribution < -0.4 is 0 Å². The Morgan fingerprint density at radius 3 is 2.31 bits per heavy atom. The van der Waals surface area contributed by atoms with Crippen LogP contribution in [-0.2, 0) is 10.8 Å². The molecule has 0 spiro atoms. The summed E-state index contributed by atoms with van der Waals surface area (Å²) in [6, 6.07) is 10.7. The van der Waals surface area contributed by atoms with Gasteiger partial charge in [-0.25, -0.2) is 9.97 Å². The molecule has 4 rings (SSSR count). The van der Waals surface area contributed by atoms with Crippen molar-refractivity contribution in [2.45, 2.75) is 51.4 Å². The molecule has 0 aromatic carbocycles. The molecule has 0 saturated heterocycles. The minimum atomic E-state index is 0.0161. The van der Waals surface area contributed by atoms with Gasteiger partial charge >= 0.3 is 0 Å². The van der Waals surface area contributed by atoms with Gasteiger partial charge in [0, 0.05) is 40.5 Å². The number of pyridine rings is 2. The largest absolute Gasteiger partial charge is 0.346 e. The molecule has 0 saturated carbocycles. The molecule has 0 fully saturated rings. The highest BCUT2D eigenvalue weighted by Crippen LogP contribution is 2.36. The van der Waals surface area contributed by atoms with Crippen molar-refractivity contribution in [3.05, 3.63) is 60.2 Å². The van der Waals surface area contributed by atoms with Crippen molar-refractivity contribution in [2.75, 3.05) is 0 Å². The third-order valence-corrected chi connectivity index (χ3v) is 5.66. The van der Waals surface area contributed by atoms with Gasteiger partial charge in [0.25, 0.3) is 0 Å². The highest BCUT2D eigenvalue weighted by atomic mass is 14.9. The maximum Gasteiger partial charge on any atom is 0.137 e. The molecule has 134 valence electrons. The van der Waals surface area contributed by atoms with Gasteiger partial charge in [0.1, 0.15) is 11.3 Å². The summed E-state index contributed by atoms with van der Waals surface area (Å²) in [5.74, 6) is 0. The van der Waals surface area contributed by atoms with Gasteiger partial charge in [0.15, 0.2) is 0 Å². The van der Waals surface area contributed by atoms with E-state index >= 15 is 0 Å². The second kappa shape index (κ2) is 5.97. The van der Waals surface area contributed by atoms with Crippen molar-refractivity contribution in [1.82, 2.24) is 19.9 Å². The van der Waals surface area contributed by atoms with Crippen LogP contribution in [0, 0.1) is 0 Å². The van der Waals surface area contributed by atoms with Crippen molar-refractivity contribution >= 4 is 22.1 Å². The second-order valence-corrected chi connectivity index (χ2v) is 8.52. The number of rotatable bonds is 5. The molecule has 4 heterocycles. The van der Waals surface area contributed by atoms with Crippen molar-refractivity contribution in [3.8, 4) is 0 Å². The molecule has 4 aromatic heterocycles. The van der Waals surface area contributed by atoms with Crippen LogP contribution >= 0.6 is 0 Å². The number of H-pyrrole nitrogens is 2. The summed E-state index contributed by atoms with van der Waals surface area (Å²) in [6.45, 7) is 9.18. The first-order valence-corrected chi connectivity index (χ1v) is 9.23. The Labute approximate surface area is 154 Å². The van der Waals surface area contributed by atoms with Gasteiger partial charge in [0.2, 0.25) is 0 Å². The van der Waals surface area contributed by atoms with Gasteiger partial charge in [-0.3, -0.25) is 0 Å². The van der Waals surface area contributed by atoms with E-state index < -0.39 is 0 Å². The molecule has 0 aliphatic heterocycles. The normalized spacial score (nSPS) is 12.9.